The summed E-state index contributed by atoms with van der Waals surface area (Å²) in [5.41, 5.74) is 0.719. The Morgan fingerprint density at radius 3 is 2.29 bits per heavy atom. The maximum absolute atomic E-state index is 12.8. The highest BCUT2D eigenvalue weighted by molar-refractivity contribution is 5.94. The van der Waals surface area contributed by atoms with Crippen LogP contribution in [0.25, 0.3) is 0 Å². The number of hydrogen-bond donors (Lipinski definition) is 1. The van der Waals surface area contributed by atoms with Gasteiger partial charge in [0.1, 0.15) is 5.75 Å². The lowest BCUT2D eigenvalue weighted by Gasteiger charge is -2.41. The number of ether oxygens (including phenoxy) is 2. The van der Waals surface area contributed by atoms with Gasteiger partial charge in [-0.1, -0.05) is 0 Å². The fraction of sp³-hybridized carbons (Fsp3) is 0.692. The Morgan fingerprint density at radius 2 is 1.65 bits per heavy atom. The zero-order valence-electron chi connectivity index (χ0n) is 20.5. The van der Waals surface area contributed by atoms with Crippen molar-refractivity contribution < 1.29 is 19.1 Å². The summed E-state index contributed by atoms with van der Waals surface area (Å²) in [5, 5.41) is 3.16. The smallest absolute Gasteiger partial charge is 0.253 e. The molecule has 0 saturated carbocycles. The van der Waals surface area contributed by atoms with Crippen LogP contribution in [0.4, 0.5) is 0 Å². The monoisotopic (exact) mass is 472 g/mol. The van der Waals surface area contributed by atoms with Gasteiger partial charge in [0.15, 0.2) is 0 Å². The second-order valence-corrected chi connectivity index (χ2v) is 9.66. The van der Waals surface area contributed by atoms with Crippen LogP contribution < -0.4 is 10.1 Å². The van der Waals surface area contributed by atoms with Gasteiger partial charge < -0.3 is 24.6 Å². The van der Waals surface area contributed by atoms with Gasteiger partial charge in [-0.15, -0.1) is 0 Å². The molecular formula is C26H40N4O4. The van der Waals surface area contributed by atoms with Crippen LogP contribution >= 0.6 is 0 Å². The Bertz CT molecular complexity index is 780. The van der Waals surface area contributed by atoms with E-state index in [-0.39, 0.29) is 17.7 Å². The van der Waals surface area contributed by atoms with E-state index in [2.05, 4.69) is 15.1 Å². The molecule has 8 nitrogen and oxygen atoms in total. The molecule has 3 aliphatic heterocycles. The number of carbonyl (C=O) groups is 2. The molecule has 0 bridgehead atoms. The molecule has 3 saturated heterocycles. The van der Waals surface area contributed by atoms with E-state index in [1.807, 2.05) is 29.2 Å². The van der Waals surface area contributed by atoms with Gasteiger partial charge in [-0.25, -0.2) is 0 Å². The fourth-order valence-corrected chi connectivity index (χ4v) is 5.36. The van der Waals surface area contributed by atoms with Gasteiger partial charge in [0.05, 0.1) is 20.3 Å². The first-order valence-electron chi connectivity index (χ1n) is 12.9. The van der Waals surface area contributed by atoms with E-state index in [1.165, 1.54) is 0 Å². The van der Waals surface area contributed by atoms with Crippen LogP contribution in [0.3, 0.4) is 0 Å². The lowest BCUT2D eigenvalue weighted by Crippen LogP contribution is -2.50. The summed E-state index contributed by atoms with van der Waals surface area (Å²) in [5.74, 6) is 1.23. The van der Waals surface area contributed by atoms with Crippen molar-refractivity contribution in [3.63, 3.8) is 0 Å². The van der Waals surface area contributed by atoms with Crippen molar-refractivity contribution in [3.8, 4) is 5.75 Å². The molecule has 1 N–H and O–H groups in total. The van der Waals surface area contributed by atoms with Crippen LogP contribution in [0, 0.1) is 5.92 Å². The molecule has 3 heterocycles. The average Bonchev–Trinajstić information content (AvgIpc) is 2.91. The number of morpholine rings is 1. The van der Waals surface area contributed by atoms with E-state index < -0.39 is 0 Å². The van der Waals surface area contributed by atoms with Gasteiger partial charge in [0, 0.05) is 50.2 Å². The Labute approximate surface area is 203 Å². The summed E-state index contributed by atoms with van der Waals surface area (Å²) in [4.78, 5) is 32.3. The first-order chi connectivity index (χ1) is 16.6. The lowest BCUT2D eigenvalue weighted by atomic mass is 9.92. The zero-order valence-corrected chi connectivity index (χ0v) is 20.5. The van der Waals surface area contributed by atoms with Crippen LogP contribution in [0.2, 0.25) is 0 Å². The molecule has 0 atom stereocenters. The van der Waals surface area contributed by atoms with E-state index in [1.54, 1.807) is 7.11 Å². The highest BCUT2D eigenvalue weighted by Gasteiger charge is 2.31. The molecule has 3 aliphatic rings. The van der Waals surface area contributed by atoms with Crippen molar-refractivity contribution in [3.05, 3.63) is 29.8 Å². The number of rotatable bonds is 8. The Kier molecular flexibility index (Phi) is 9.18. The number of amides is 2. The summed E-state index contributed by atoms with van der Waals surface area (Å²) in [6.07, 6.45) is 4.86. The summed E-state index contributed by atoms with van der Waals surface area (Å²) in [7, 11) is 1.63. The van der Waals surface area contributed by atoms with Crippen molar-refractivity contribution in [1.82, 2.24) is 20.0 Å². The van der Waals surface area contributed by atoms with Crippen molar-refractivity contribution >= 4 is 11.8 Å². The number of benzene rings is 1. The third-order valence-corrected chi connectivity index (χ3v) is 7.56. The summed E-state index contributed by atoms with van der Waals surface area (Å²) >= 11 is 0. The second kappa shape index (κ2) is 12.5. The fourth-order valence-electron chi connectivity index (χ4n) is 5.36. The van der Waals surface area contributed by atoms with Crippen LogP contribution in [-0.4, -0.2) is 105 Å². The molecular weight excluding hydrogens is 432 g/mol. The molecule has 0 aliphatic carbocycles. The van der Waals surface area contributed by atoms with Crippen molar-refractivity contribution in [1.29, 1.82) is 0 Å². The predicted molar refractivity (Wildman–Crippen MR) is 131 cm³/mol. The number of carbonyl (C=O) groups excluding carboxylic acids is 2. The molecule has 4 rings (SSSR count). The molecule has 1 aromatic rings. The van der Waals surface area contributed by atoms with E-state index in [0.717, 1.165) is 109 Å². The quantitative estimate of drug-likeness (QED) is 0.582. The Balaban J connectivity index is 1.12. The highest BCUT2D eigenvalue weighted by atomic mass is 16.5. The van der Waals surface area contributed by atoms with E-state index in [4.69, 9.17) is 9.47 Å². The third-order valence-electron chi connectivity index (χ3n) is 7.56. The maximum atomic E-state index is 12.8. The van der Waals surface area contributed by atoms with Gasteiger partial charge in [0.25, 0.3) is 5.91 Å². The number of nitrogens with one attached hydrogen (secondary N) is 1. The SMILES string of the molecule is COc1ccc(C(=O)N2CCC(N3CCC(C(=O)NCCCN4CCOCC4)CC3)CC2)cc1. The predicted octanol–water partition coefficient (Wildman–Crippen LogP) is 1.85. The third kappa shape index (κ3) is 6.71. The van der Waals surface area contributed by atoms with Crippen molar-refractivity contribution in [2.45, 2.75) is 38.1 Å². The molecule has 2 amide bonds. The number of methoxy groups -OCH3 is 1. The van der Waals surface area contributed by atoms with E-state index in [0.29, 0.717) is 6.04 Å². The molecule has 3 fully saturated rings. The van der Waals surface area contributed by atoms with Gasteiger partial charge >= 0.3 is 0 Å². The van der Waals surface area contributed by atoms with Gasteiger partial charge in [-0.3, -0.25) is 14.5 Å². The van der Waals surface area contributed by atoms with Gasteiger partial charge in [-0.2, -0.15) is 0 Å². The maximum Gasteiger partial charge on any atom is 0.253 e. The second-order valence-electron chi connectivity index (χ2n) is 9.66. The summed E-state index contributed by atoms with van der Waals surface area (Å²) in [6, 6.07) is 7.86. The molecule has 0 unspecified atom stereocenters. The van der Waals surface area contributed by atoms with Crippen LogP contribution in [0.15, 0.2) is 24.3 Å². The standard InChI is InChI=1S/C26H40N4O4/c1-33-24-5-3-22(4-6-24)26(32)30-15-9-23(10-16-30)29-13-7-21(8-14-29)25(31)27-11-2-12-28-17-19-34-20-18-28/h3-6,21,23H,2,7-20H2,1H3,(H,27,31). The molecule has 0 spiro atoms. The first kappa shape index (κ1) is 24.9. The molecule has 0 radical (unpaired) electrons. The average molecular weight is 473 g/mol. The Morgan fingerprint density at radius 1 is 0.971 bits per heavy atom. The van der Waals surface area contributed by atoms with Gasteiger partial charge in [-0.05, 0) is 76.0 Å². The Hall–Kier alpha value is -2.16. The van der Waals surface area contributed by atoms with Crippen molar-refractivity contribution in [2.24, 2.45) is 5.92 Å². The summed E-state index contributed by atoms with van der Waals surface area (Å²) < 4.78 is 10.6. The molecule has 34 heavy (non-hydrogen) atoms. The minimum absolute atomic E-state index is 0.102. The van der Waals surface area contributed by atoms with Crippen molar-refractivity contribution in [2.75, 3.05) is 72.7 Å². The summed E-state index contributed by atoms with van der Waals surface area (Å²) in [6.45, 7) is 8.97. The number of likely N-dealkylation sites (tertiary alicyclic amines) is 2. The molecule has 8 heteroatoms. The van der Waals surface area contributed by atoms with Crippen LogP contribution in [0.5, 0.6) is 5.75 Å². The van der Waals surface area contributed by atoms with E-state index >= 15 is 0 Å². The van der Waals surface area contributed by atoms with E-state index in [9.17, 15) is 9.59 Å². The normalized spacial score (nSPS) is 21.4. The molecule has 0 aromatic heterocycles. The minimum atomic E-state index is 0.102. The zero-order chi connectivity index (χ0) is 23.8. The van der Waals surface area contributed by atoms with Gasteiger partial charge in [0.2, 0.25) is 5.91 Å². The number of hydrogen-bond acceptors (Lipinski definition) is 6. The van der Waals surface area contributed by atoms with Crippen LogP contribution in [-0.2, 0) is 9.53 Å². The number of nitrogens with zero attached hydrogens (tertiary/aromatic N) is 3. The molecule has 1 aromatic carbocycles. The minimum Gasteiger partial charge on any atom is -0.497 e. The first-order valence-corrected chi connectivity index (χ1v) is 12.9. The topological polar surface area (TPSA) is 74.4 Å². The largest absolute Gasteiger partial charge is 0.497 e. The highest BCUT2D eigenvalue weighted by Crippen LogP contribution is 2.25. The lowest BCUT2D eigenvalue weighted by molar-refractivity contribution is -0.126. The molecule has 188 valence electrons. The number of piperidine rings is 2. The van der Waals surface area contributed by atoms with Crippen LogP contribution in [0.1, 0.15) is 42.5 Å².